The fourth-order valence-corrected chi connectivity index (χ4v) is 6.20. The van der Waals surface area contributed by atoms with Crippen LogP contribution in [-0.4, -0.2) is 50.4 Å². The first-order valence-corrected chi connectivity index (χ1v) is 15.8. The van der Waals surface area contributed by atoms with E-state index in [9.17, 15) is 14.0 Å². The highest BCUT2D eigenvalue weighted by Gasteiger charge is 2.36. The number of esters is 1. The summed E-state index contributed by atoms with van der Waals surface area (Å²) in [6.07, 6.45) is 7.60. The van der Waals surface area contributed by atoms with E-state index in [0.717, 1.165) is 51.3 Å². The van der Waals surface area contributed by atoms with Crippen LogP contribution in [0.4, 0.5) is 4.39 Å². The molecule has 10 heteroatoms. The van der Waals surface area contributed by atoms with E-state index >= 15 is 0 Å². The zero-order valence-corrected chi connectivity index (χ0v) is 27.6. The van der Waals surface area contributed by atoms with Gasteiger partial charge in [-0.2, -0.15) is 0 Å². The molecule has 0 spiro atoms. The van der Waals surface area contributed by atoms with Crippen LogP contribution < -0.4 is 5.73 Å². The maximum atomic E-state index is 14.2. The molecule has 1 aliphatic carbocycles. The standard InChI is InChI=1S/C36H43FN4O5/c1-20(2)31-26(16-15-23-17-24(45-36(6,7)44-23)18-29(42)46-35(3,4)5)30(21-11-13-22(37)14-12-21)25-9-8-10-28-27(32(25)41-31)19-39-34(40-28)33(38)43/h11-16,19-20,23-24H,8-10,17-18H2,1-7H3,(H2,38,43)/b16-15+/t23-,24-/m1/s1. The molecule has 1 aliphatic heterocycles. The fraction of sp³-hybridized carbons (Fsp3) is 0.472. The molecular weight excluding hydrogens is 587 g/mol. The van der Waals surface area contributed by atoms with Gasteiger partial charge in [0.1, 0.15) is 11.4 Å². The lowest BCUT2D eigenvalue weighted by molar-refractivity contribution is -0.290. The molecule has 2 atom stereocenters. The molecule has 0 radical (unpaired) electrons. The molecule has 2 aromatic heterocycles. The van der Waals surface area contributed by atoms with Crippen molar-refractivity contribution in [1.29, 1.82) is 0 Å². The number of nitrogens with two attached hydrogens (primary N) is 1. The Morgan fingerprint density at radius 3 is 2.50 bits per heavy atom. The van der Waals surface area contributed by atoms with Gasteiger partial charge in [-0.05, 0) is 88.6 Å². The number of fused-ring (bicyclic) bond motifs is 3. The second kappa shape index (κ2) is 13.0. The van der Waals surface area contributed by atoms with Crippen molar-refractivity contribution >= 4 is 18.0 Å². The summed E-state index contributed by atoms with van der Waals surface area (Å²) in [5.41, 5.74) is 11.7. The van der Waals surface area contributed by atoms with Gasteiger partial charge >= 0.3 is 5.97 Å². The number of amides is 1. The summed E-state index contributed by atoms with van der Waals surface area (Å²) in [7, 11) is 0. The Balaban J connectivity index is 1.61. The monoisotopic (exact) mass is 630 g/mol. The van der Waals surface area contributed by atoms with Crippen LogP contribution in [0.15, 0.2) is 36.5 Å². The summed E-state index contributed by atoms with van der Waals surface area (Å²) in [6, 6.07) is 6.50. The van der Waals surface area contributed by atoms with E-state index in [1.807, 2.05) is 46.8 Å². The molecule has 2 N–H and O–H groups in total. The number of hydrogen-bond donors (Lipinski definition) is 1. The highest BCUT2D eigenvalue weighted by molar-refractivity contribution is 5.90. The van der Waals surface area contributed by atoms with Crippen molar-refractivity contribution in [3.63, 3.8) is 0 Å². The average Bonchev–Trinajstić information content (AvgIpc) is 3.12. The van der Waals surface area contributed by atoms with Gasteiger partial charge in [-0.3, -0.25) is 14.6 Å². The number of aromatic nitrogens is 3. The molecule has 244 valence electrons. The second-order valence-electron chi connectivity index (χ2n) is 13.7. The number of rotatable bonds is 7. The summed E-state index contributed by atoms with van der Waals surface area (Å²) >= 11 is 0. The number of benzene rings is 1. The number of ether oxygens (including phenoxy) is 3. The first-order chi connectivity index (χ1) is 21.6. The van der Waals surface area contributed by atoms with Crippen molar-refractivity contribution in [1.82, 2.24) is 15.0 Å². The summed E-state index contributed by atoms with van der Waals surface area (Å²) < 4.78 is 32.1. The van der Waals surface area contributed by atoms with Crippen molar-refractivity contribution in [2.45, 2.75) is 110 Å². The number of pyridine rings is 1. The van der Waals surface area contributed by atoms with Crippen LogP contribution >= 0.6 is 0 Å². The molecular formula is C36H43FN4O5. The number of aryl methyl sites for hydroxylation is 1. The van der Waals surface area contributed by atoms with Crippen molar-refractivity contribution in [2.24, 2.45) is 5.73 Å². The molecule has 0 bridgehead atoms. The third kappa shape index (κ3) is 7.67. The molecule has 1 fully saturated rings. The zero-order valence-electron chi connectivity index (χ0n) is 27.6. The molecule has 0 unspecified atom stereocenters. The first kappa shape index (κ1) is 33.3. The molecule has 9 nitrogen and oxygen atoms in total. The zero-order chi connectivity index (χ0) is 33.4. The van der Waals surface area contributed by atoms with Crippen molar-refractivity contribution in [3.8, 4) is 22.4 Å². The number of carbonyl (C=O) groups excluding carboxylic acids is 2. The van der Waals surface area contributed by atoms with Gasteiger partial charge in [0.2, 0.25) is 5.82 Å². The van der Waals surface area contributed by atoms with Gasteiger partial charge in [-0.15, -0.1) is 0 Å². The number of primary amides is 1. The third-order valence-electron chi connectivity index (χ3n) is 7.90. The number of halogens is 1. The summed E-state index contributed by atoms with van der Waals surface area (Å²) in [5.74, 6) is -2.23. The van der Waals surface area contributed by atoms with E-state index in [1.54, 1.807) is 18.3 Å². The van der Waals surface area contributed by atoms with Gasteiger partial charge in [0.25, 0.3) is 5.91 Å². The lowest BCUT2D eigenvalue weighted by atomic mass is 9.86. The highest BCUT2D eigenvalue weighted by Crippen LogP contribution is 2.42. The summed E-state index contributed by atoms with van der Waals surface area (Å²) in [6.45, 7) is 13.4. The summed E-state index contributed by atoms with van der Waals surface area (Å²) in [5, 5.41) is 0. The van der Waals surface area contributed by atoms with Gasteiger partial charge in [-0.1, -0.05) is 38.1 Å². The molecule has 1 saturated heterocycles. The fourth-order valence-electron chi connectivity index (χ4n) is 6.20. The molecule has 2 aliphatic rings. The van der Waals surface area contributed by atoms with Crippen molar-refractivity contribution < 1.29 is 28.2 Å². The van der Waals surface area contributed by atoms with Crippen LogP contribution in [0.2, 0.25) is 0 Å². The van der Waals surface area contributed by atoms with E-state index in [1.165, 1.54) is 12.1 Å². The third-order valence-corrected chi connectivity index (χ3v) is 7.90. The van der Waals surface area contributed by atoms with E-state index < -0.39 is 17.3 Å². The quantitative estimate of drug-likeness (QED) is 0.286. The Bertz CT molecular complexity index is 1660. The van der Waals surface area contributed by atoms with E-state index in [4.69, 9.17) is 24.9 Å². The minimum atomic E-state index is -0.917. The van der Waals surface area contributed by atoms with Crippen molar-refractivity contribution in [2.75, 3.05) is 0 Å². The van der Waals surface area contributed by atoms with Gasteiger partial charge in [-0.25, -0.2) is 14.4 Å². The van der Waals surface area contributed by atoms with Gasteiger partial charge in [0.15, 0.2) is 5.79 Å². The Labute approximate surface area is 269 Å². The van der Waals surface area contributed by atoms with E-state index in [-0.39, 0.29) is 42.2 Å². The van der Waals surface area contributed by atoms with Gasteiger partial charge in [0.05, 0.1) is 35.7 Å². The highest BCUT2D eigenvalue weighted by atomic mass is 19.1. The molecule has 0 saturated carbocycles. The molecule has 1 amide bonds. The maximum absolute atomic E-state index is 14.2. The van der Waals surface area contributed by atoms with E-state index in [2.05, 4.69) is 23.8 Å². The molecule has 46 heavy (non-hydrogen) atoms. The maximum Gasteiger partial charge on any atom is 0.308 e. The van der Waals surface area contributed by atoms with Crippen LogP contribution in [0.3, 0.4) is 0 Å². The predicted octanol–water partition coefficient (Wildman–Crippen LogP) is 6.71. The Hall–Kier alpha value is -4.02. The number of carbonyl (C=O) groups is 2. The van der Waals surface area contributed by atoms with Crippen LogP contribution in [0.5, 0.6) is 0 Å². The molecule has 3 aromatic rings. The first-order valence-electron chi connectivity index (χ1n) is 15.8. The molecule has 3 heterocycles. The largest absolute Gasteiger partial charge is 0.460 e. The SMILES string of the molecule is CC(C)c1nc2c(c(-c3ccc(F)cc3)c1/C=C/[C@@H]1C[C@H](CC(=O)OC(C)(C)C)OC(C)(C)O1)CCCc1nc(C(N)=O)ncc1-2. The van der Waals surface area contributed by atoms with E-state index in [0.29, 0.717) is 19.3 Å². The predicted molar refractivity (Wildman–Crippen MR) is 173 cm³/mol. The van der Waals surface area contributed by atoms with Crippen LogP contribution in [-0.2, 0) is 31.8 Å². The number of nitrogens with zero attached hydrogens (tertiary/aromatic N) is 3. The lowest BCUT2D eigenvalue weighted by Gasteiger charge is -2.39. The average molecular weight is 631 g/mol. The van der Waals surface area contributed by atoms with Crippen LogP contribution in [0.1, 0.15) is 107 Å². The van der Waals surface area contributed by atoms with Crippen LogP contribution in [0, 0.1) is 5.82 Å². The lowest BCUT2D eigenvalue weighted by Crippen LogP contribution is -2.45. The Morgan fingerprint density at radius 2 is 1.85 bits per heavy atom. The topological polar surface area (TPSA) is 127 Å². The minimum Gasteiger partial charge on any atom is -0.460 e. The van der Waals surface area contributed by atoms with Crippen LogP contribution in [0.25, 0.3) is 28.5 Å². The number of hydrogen-bond acceptors (Lipinski definition) is 8. The Morgan fingerprint density at radius 1 is 1.13 bits per heavy atom. The second-order valence-corrected chi connectivity index (χ2v) is 13.7. The minimum absolute atomic E-state index is 0.0195. The normalized spacial score (nSPS) is 19.4. The van der Waals surface area contributed by atoms with Gasteiger partial charge in [0, 0.05) is 23.7 Å². The summed E-state index contributed by atoms with van der Waals surface area (Å²) in [4.78, 5) is 38.5. The smallest absolute Gasteiger partial charge is 0.308 e. The molecule has 1 aromatic carbocycles. The Kier molecular flexibility index (Phi) is 9.42. The van der Waals surface area contributed by atoms with Crippen molar-refractivity contribution in [3.05, 3.63) is 70.7 Å². The van der Waals surface area contributed by atoms with Gasteiger partial charge < -0.3 is 19.9 Å². The molecule has 5 rings (SSSR count).